The lowest BCUT2D eigenvalue weighted by Gasteiger charge is -2.37. The van der Waals surface area contributed by atoms with Crippen molar-refractivity contribution in [1.29, 1.82) is 0 Å². The third-order valence-electron chi connectivity index (χ3n) is 6.76. The number of ketones is 1. The molecule has 1 atom stereocenters. The van der Waals surface area contributed by atoms with Gasteiger partial charge in [-0.05, 0) is 36.8 Å². The molecule has 172 valence electrons. The molecule has 1 fully saturated rings. The van der Waals surface area contributed by atoms with Crippen molar-refractivity contribution in [2.75, 3.05) is 0 Å². The van der Waals surface area contributed by atoms with E-state index in [9.17, 15) is 27.6 Å². The Morgan fingerprint density at radius 1 is 1.03 bits per heavy atom. The average Bonchev–Trinajstić information content (AvgIpc) is 2.97. The Morgan fingerprint density at radius 3 is 2.25 bits per heavy atom. The second-order valence-corrected chi connectivity index (χ2v) is 9.80. The number of Topliss-reactive ketones (excluding diaryl/α,β-unsaturated/α-hetero) is 1. The minimum Gasteiger partial charge on any atom is -0.326 e. The fourth-order valence-corrected chi connectivity index (χ4v) is 5.34. The summed E-state index contributed by atoms with van der Waals surface area (Å²) in [5.74, 6) is -3.02. The SMILES string of the molecule is CC1(C)CC(=O)C2=C(C1)N(C1CCCCC1)C(=O)C2(NC(=O)c1ccccc1)C(F)(F)F. The normalized spacial score (nSPS) is 26.3. The molecule has 2 aliphatic carbocycles. The Morgan fingerprint density at radius 2 is 1.66 bits per heavy atom. The predicted molar refractivity (Wildman–Crippen MR) is 111 cm³/mol. The number of carbonyl (C=O) groups is 3. The summed E-state index contributed by atoms with van der Waals surface area (Å²) in [6.45, 7) is 3.63. The van der Waals surface area contributed by atoms with Crippen molar-refractivity contribution in [3.05, 3.63) is 47.2 Å². The maximum atomic E-state index is 14.8. The molecular formula is C24H27F3N2O3. The number of halogens is 3. The monoisotopic (exact) mass is 448 g/mol. The van der Waals surface area contributed by atoms with Crippen molar-refractivity contribution in [3.8, 4) is 0 Å². The van der Waals surface area contributed by atoms with Crippen molar-refractivity contribution >= 4 is 17.6 Å². The first kappa shape index (κ1) is 22.6. The van der Waals surface area contributed by atoms with Gasteiger partial charge in [-0.1, -0.05) is 51.3 Å². The van der Waals surface area contributed by atoms with Gasteiger partial charge in [0.1, 0.15) is 0 Å². The summed E-state index contributed by atoms with van der Waals surface area (Å²) in [7, 11) is 0. The van der Waals surface area contributed by atoms with E-state index in [4.69, 9.17) is 0 Å². The Kier molecular flexibility index (Phi) is 5.46. The number of benzene rings is 1. The fraction of sp³-hybridized carbons (Fsp3) is 0.542. The summed E-state index contributed by atoms with van der Waals surface area (Å²) in [5.41, 5.74) is -4.40. The van der Waals surface area contributed by atoms with Crippen molar-refractivity contribution < 1.29 is 27.6 Å². The van der Waals surface area contributed by atoms with Crippen LogP contribution in [0.3, 0.4) is 0 Å². The van der Waals surface area contributed by atoms with E-state index in [-0.39, 0.29) is 24.1 Å². The number of carbonyl (C=O) groups excluding carboxylic acids is 3. The van der Waals surface area contributed by atoms with Crippen LogP contribution in [0.25, 0.3) is 0 Å². The van der Waals surface area contributed by atoms with Crippen molar-refractivity contribution in [2.24, 2.45) is 5.41 Å². The number of allylic oxidation sites excluding steroid dienone is 1. The van der Waals surface area contributed by atoms with Crippen molar-refractivity contribution in [1.82, 2.24) is 10.2 Å². The molecular weight excluding hydrogens is 421 g/mol. The topological polar surface area (TPSA) is 66.5 Å². The molecule has 3 aliphatic rings. The Bertz CT molecular complexity index is 978. The van der Waals surface area contributed by atoms with Crippen LogP contribution in [0.5, 0.6) is 0 Å². The van der Waals surface area contributed by atoms with Gasteiger partial charge in [0.25, 0.3) is 11.8 Å². The Balaban J connectivity index is 1.88. The molecule has 0 saturated heterocycles. The quantitative estimate of drug-likeness (QED) is 0.739. The van der Waals surface area contributed by atoms with Gasteiger partial charge in [0, 0.05) is 23.7 Å². The molecule has 32 heavy (non-hydrogen) atoms. The average molecular weight is 448 g/mol. The van der Waals surface area contributed by atoms with Crippen LogP contribution in [-0.4, -0.2) is 40.3 Å². The molecule has 0 radical (unpaired) electrons. The lowest BCUT2D eigenvalue weighted by atomic mass is 9.72. The van der Waals surface area contributed by atoms with Crippen LogP contribution < -0.4 is 5.32 Å². The molecule has 5 nitrogen and oxygen atoms in total. The Labute approximate surface area is 185 Å². The number of rotatable bonds is 3. The summed E-state index contributed by atoms with van der Waals surface area (Å²) in [6.07, 6.45) is -1.37. The van der Waals surface area contributed by atoms with E-state index in [0.717, 1.165) is 19.3 Å². The lowest BCUT2D eigenvalue weighted by Crippen LogP contribution is -2.66. The molecule has 2 amide bonds. The first-order chi connectivity index (χ1) is 15.0. The van der Waals surface area contributed by atoms with Crippen LogP contribution in [0, 0.1) is 5.41 Å². The van der Waals surface area contributed by atoms with Crippen LogP contribution >= 0.6 is 0 Å². The molecule has 1 aromatic carbocycles. The highest BCUT2D eigenvalue weighted by Crippen LogP contribution is 2.53. The molecule has 8 heteroatoms. The first-order valence-corrected chi connectivity index (χ1v) is 11.0. The largest absolute Gasteiger partial charge is 0.425 e. The second kappa shape index (κ2) is 7.74. The van der Waals surface area contributed by atoms with Crippen LogP contribution in [0.15, 0.2) is 41.6 Å². The molecule has 0 bridgehead atoms. The molecule has 4 rings (SSSR count). The third-order valence-corrected chi connectivity index (χ3v) is 6.76. The van der Waals surface area contributed by atoms with Crippen molar-refractivity contribution in [2.45, 2.75) is 76.6 Å². The smallest absolute Gasteiger partial charge is 0.326 e. The van der Waals surface area contributed by atoms with E-state index in [1.54, 1.807) is 6.07 Å². The zero-order chi connectivity index (χ0) is 23.3. The number of alkyl halides is 3. The standard InChI is InChI=1S/C24H27F3N2O3/c1-22(2)13-17-19(18(30)14-22)23(24(25,26)27,28-20(31)15-9-5-3-6-10-15)21(32)29(17)16-11-7-4-8-12-16/h3,5-6,9-10,16H,4,7-8,11-14H2,1-2H3,(H,28,31). The zero-order valence-corrected chi connectivity index (χ0v) is 18.2. The molecule has 1 heterocycles. The van der Waals surface area contributed by atoms with Gasteiger partial charge < -0.3 is 10.2 Å². The van der Waals surface area contributed by atoms with Gasteiger partial charge in [-0.2, -0.15) is 13.2 Å². The van der Waals surface area contributed by atoms with Gasteiger partial charge in [-0.3, -0.25) is 14.4 Å². The van der Waals surface area contributed by atoms with Gasteiger partial charge >= 0.3 is 6.18 Å². The predicted octanol–water partition coefficient (Wildman–Crippen LogP) is 4.54. The highest BCUT2D eigenvalue weighted by molar-refractivity contribution is 6.14. The molecule has 1 aromatic rings. The number of hydrogen-bond acceptors (Lipinski definition) is 3. The van der Waals surface area contributed by atoms with Crippen LogP contribution in [0.4, 0.5) is 13.2 Å². The summed E-state index contributed by atoms with van der Waals surface area (Å²) >= 11 is 0. The molecule has 1 unspecified atom stereocenters. The van der Waals surface area contributed by atoms with E-state index in [1.165, 1.54) is 29.2 Å². The zero-order valence-electron chi connectivity index (χ0n) is 18.2. The minimum absolute atomic E-state index is 0.00854. The summed E-state index contributed by atoms with van der Waals surface area (Å²) in [5, 5.41) is 1.99. The molecule has 1 aliphatic heterocycles. The van der Waals surface area contributed by atoms with Crippen LogP contribution in [-0.2, 0) is 9.59 Å². The second-order valence-electron chi connectivity index (χ2n) is 9.80. The fourth-order valence-electron chi connectivity index (χ4n) is 5.34. The maximum Gasteiger partial charge on any atom is 0.425 e. The number of nitrogens with one attached hydrogen (secondary N) is 1. The van der Waals surface area contributed by atoms with E-state index in [1.807, 2.05) is 19.2 Å². The number of hydrogen-bond donors (Lipinski definition) is 1. The van der Waals surface area contributed by atoms with E-state index in [2.05, 4.69) is 0 Å². The highest BCUT2D eigenvalue weighted by Gasteiger charge is 2.72. The maximum absolute atomic E-state index is 14.8. The first-order valence-electron chi connectivity index (χ1n) is 11.0. The minimum atomic E-state index is -5.17. The van der Waals surface area contributed by atoms with Gasteiger partial charge in [0.2, 0.25) is 5.54 Å². The summed E-state index contributed by atoms with van der Waals surface area (Å²) in [6, 6.07) is 7.03. The molecule has 0 spiro atoms. The van der Waals surface area contributed by atoms with Gasteiger partial charge in [-0.25, -0.2) is 0 Å². The van der Waals surface area contributed by atoms with Gasteiger partial charge in [-0.15, -0.1) is 0 Å². The van der Waals surface area contributed by atoms with Gasteiger partial charge in [0.05, 0.1) is 5.57 Å². The third kappa shape index (κ3) is 3.53. The summed E-state index contributed by atoms with van der Waals surface area (Å²) < 4.78 is 44.3. The lowest BCUT2D eigenvalue weighted by molar-refractivity contribution is -0.191. The number of amides is 2. The van der Waals surface area contributed by atoms with E-state index < -0.39 is 46.3 Å². The summed E-state index contributed by atoms with van der Waals surface area (Å²) in [4.78, 5) is 40.9. The van der Waals surface area contributed by atoms with Crippen LogP contribution in [0.1, 0.15) is 69.2 Å². The van der Waals surface area contributed by atoms with Crippen molar-refractivity contribution in [3.63, 3.8) is 0 Å². The van der Waals surface area contributed by atoms with Gasteiger partial charge in [0.15, 0.2) is 5.78 Å². The number of nitrogens with zero attached hydrogens (tertiary/aromatic N) is 1. The van der Waals surface area contributed by atoms with Crippen LogP contribution in [0.2, 0.25) is 0 Å². The highest BCUT2D eigenvalue weighted by atomic mass is 19.4. The van der Waals surface area contributed by atoms with E-state index in [0.29, 0.717) is 12.8 Å². The molecule has 1 N–H and O–H groups in total. The Hall–Kier alpha value is -2.64. The molecule has 1 saturated carbocycles. The molecule has 0 aromatic heterocycles. The van der Waals surface area contributed by atoms with E-state index >= 15 is 0 Å².